The van der Waals surface area contributed by atoms with Gasteiger partial charge in [-0.1, -0.05) is 54.6 Å². The summed E-state index contributed by atoms with van der Waals surface area (Å²) in [6.45, 7) is 0. The van der Waals surface area contributed by atoms with E-state index in [0.29, 0.717) is 0 Å². The monoisotopic (exact) mass is 331 g/mol. The highest BCUT2D eigenvalue weighted by molar-refractivity contribution is 5.84. The molecule has 0 bridgehead atoms. The van der Waals surface area contributed by atoms with Gasteiger partial charge in [-0.3, -0.25) is 10.0 Å². The summed E-state index contributed by atoms with van der Waals surface area (Å²) in [5, 5.41) is 17.1. The average Bonchev–Trinajstić information content (AvgIpc) is 3.44. The standard InChI is InChI=1S/C20H17N3O2/c24-20(23-25)19-17(14-5-2-1-3-6-14)18(19)15-10-8-13(9-11-15)16-7-4-12-21-22-16/h1-12,17-19,25H,(H,23,24)/t17-,18-,19-/m1/s1. The van der Waals surface area contributed by atoms with E-state index < -0.39 is 0 Å². The first kappa shape index (κ1) is 15.5. The fraction of sp³-hybridized carbons (Fsp3) is 0.150. The van der Waals surface area contributed by atoms with E-state index in [9.17, 15) is 4.79 Å². The van der Waals surface area contributed by atoms with Gasteiger partial charge in [0.2, 0.25) is 5.91 Å². The molecule has 3 atom stereocenters. The molecule has 0 unspecified atom stereocenters. The first-order chi connectivity index (χ1) is 12.3. The summed E-state index contributed by atoms with van der Waals surface area (Å²) in [7, 11) is 0. The Hall–Kier alpha value is -3.05. The van der Waals surface area contributed by atoms with Gasteiger partial charge >= 0.3 is 0 Å². The van der Waals surface area contributed by atoms with Crippen LogP contribution in [0, 0.1) is 5.92 Å². The topological polar surface area (TPSA) is 75.1 Å². The summed E-state index contributed by atoms with van der Waals surface area (Å²) < 4.78 is 0. The Morgan fingerprint density at radius 1 is 0.880 bits per heavy atom. The fourth-order valence-corrected chi connectivity index (χ4v) is 3.55. The third kappa shape index (κ3) is 2.90. The predicted octanol–water partition coefficient (Wildman–Crippen LogP) is 3.15. The lowest BCUT2D eigenvalue weighted by atomic mass is 10.0. The van der Waals surface area contributed by atoms with Gasteiger partial charge in [0.25, 0.3) is 0 Å². The summed E-state index contributed by atoms with van der Waals surface area (Å²) in [6.07, 6.45) is 1.64. The summed E-state index contributed by atoms with van der Waals surface area (Å²) >= 11 is 0. The van der Waals surface area contributed by atoms with Crippen molar-refractivity contribution in [2.45, 2.75) is 11.8 Å². The van der Waals surface area contributed by atoms with Crippen molar-refractivity contribution in [3.05, 3.63) is 84.1 Å². The van der Waals surface area contributed by atoms with Crippen molar-refractivity contribution in [2.24, 2.45) is 5.92 Å². The molecule has 1 saturated carbocycles. The van der Waals surface area contributed by atoms with Gasteiger partial charge in [0.05, 0.1) is 11.6 Å². The van der Waals surface area contributed by atoms with E-state index in [2.05, 4.69) is 10.2 Å². The highest BCUT2D eigenvalue weighted by Crippen LogP contribution is 2.60. The van der Waals surface area contributed by atoms with Gasteiger partial charge in [0.1, 0.15) is 0 Å². The molecule has 3 aromatic rings. The van der Waals surface area contributed by atoms with Crippen LogP contribution in [0.5, 0.6) is 0 Å². The van der Waals surface area contributed by atoms with Crippen LogP contribution in [0.3, 0.4) is 0 Å². The molecule has 0 aliphatic heterocycles. The highest BCUT2D eigenvalue weighted by Gasteiger charge is 2.56. The molecule has 1 amide bonds. The number of benzene rings is 2. The number of nitrogens with one attached hydrogen (secondary N) is 1. The maximum atomic E-state index is 12.1. The van der Waals surface area contributed by atoms with Crippen LogP contribution in [0.1, 0.15) is 23.0 Å². The van der Waals surface area contributed by atoms with E-state index >= 15 is 0 Å². The molecule has 5 heteroatoms. The van der Waals surface area contributed by atoms with Crippen LogP contribution in [0.2, 0.25) is 0 Å². The Balaban J connectivity index is 1.63. The minimum Gasteiger partial charge on any atom is -0.289 e. The van der Waals surface area contributed by atoms with Crippen LogP contribution >= 0.6 is 0 Å². The minimum atomic E-state index is -0.336. The second-order valence-electron chi connectivity index (χ2n) is 6.19. The molecule has 1 aromatic heterocycles. The van der Waals surface area contributed by atoms with Crippen LogP contribution in [-0.2, 0) is 4.79 Å². The molecule has 0 spiro atoms. The molecular formula is C20H17N3O2. The Kier molecular flexibility index (Phi) is 3.99. The van der Waals surface area contributed by atoms with Gasteiger partial charge in [0, 0.05) is 23.6 Å². The summed E-state index contributed by atoms with van der Waals surface area (Å²) in [4.78, 5) is 12.1. The quantitative estimate of drug-likeness (QED) is 0.569. The summed E-state index contributed by atoms with van der Waals surface area (Å²) in [5.74, 6) is -0.451. The van der Waals surface area contributed by atoms with Crippen LogP contribution < -0.4 is 5.48 Å². The number of nitrogens with zero attached hydrogens (tertiary/aromatic N) is 2. The number of carbonyl (C=O) groups excluding carboxylic acids is 1. The molecule has 1 aliphatic carbocycles. The normalized spacial score (nSPS) is 21.6. The van der Waals surface area contributed by atoms with Gasteiger partial charge in [0.15, 0.2) is 0 Å². The van der Waals surface area contributed by atoms with Crippen molar-refractivity contribution in [1.29, 1.82) is 0 Å². The zero-order valence-corrected chi connectivity index (χ0v) is 13.4. The van der Waals surface area contributed by atoms with Crippen molar-refractivity contribution in [2.75, 3.05) is 0 Å². The minimum absolute atomic E-state index is 0.0606. The van der Waals surface area contributed by atoms with E-state index in [4.69, 9.17) is 5.21 Å². The molecule has 0 radical (unpaired) electrons. The lowest BCUT2D eigenvalue weighted by molar-refractivity contribution is -0.130. The summed E-state index contributed by atoms with van der Waals surface area (Å²) in [5.41, 5.74) is 5.79. The molecule has 2 aromatic carbocycles. The van der Waals surface area contributed by atoms with E-state index in [0.717, 1.165) is 22.4 Å². The van der Waals surface area contributed by atoms with Crippen molar-refractivity contribution in [3.8, 4) is 11.3 Å². The zero-order valence-electron chi connectivity index (χ0n) is 13.4. The van der Waals surface area contributed by atoms with Crippen LogP contribution in [-0.4, -0.2) is 21.3 Å². The van der Waals surface area contributed by atoms with Gasteiger partial charge in [-0.15, -0.1) is 0 Å². The molecule has 1 heterocycles. The molecule has 1 aliphatic rings. The van der Waals surface area contributed by atoms with Gasteiger partial charge in [-0.2, -0.15) is 10.2 Å². The average molecular weight is 331 g/mol. The largest absolute Gasteiger partial charge is 0.289 e. The number of hydrogen-bond donors (Lipinski definition) is 2. The lowest BCUT2D eigenvalue weighted by Gasteiger charge is -2.04. The lowest BCUT2D eigenvalue weighted by Crippen LogP contribution is -2.21. The van der Waals surface area contributed by atoms with Gasteiger partial charge in [-0.05, 0) is 23.3 Å². The van der Waals surface area contributed by atoms with Gasteiger partial charge in [-0.25, -0.2) is 5.48 Å². The molecule has 5 nitrogen and oxygen atoms in total. The molecule has 25 heavy (non-hydrogen) atoms. The third-order valence-electron chi connectivity index (χ3n) is 4.78. The zero-order chi connectivity index (χ0) is 17.2. The number of rotatable bonds is 4. The number of aromatic nitrogens is 2. The maximum absolute atomic E-state index is 12.1. The van der Waals surface area contributed by atoms with E-state index in [1.54, 1.807) is 11.7 Å². The molecule has 0 saturated heterocycles. The Bertz CT molecular complexity index is 866. The first-order valence-corrected chi connectivity index (χ1v) is 8.16. The van der Waals surface area contributed by atoms with Crippen LogP contribution in [0.15, 0.2) is 72.9 Å². The van der Waals surface area contributed by atoms with Crippen molar-refractivity contribution in [3.63, 3.8) is 0 Å². The SMILES string of the molecule is O=C(NO)[C@@H]1[C@H](c2ccccc2)[C@H]1c1ccc(-c2cccnn2)cc1. The molecule has 124 valence electrons. The Labute approximate surface area is 145 Å². The number of hydrogen-bond acceptors (Lipinski definition) is 4. The van der Waals surface area contributed by atoms with Crippen molar-refractivity contribution < 1.29 is 10.0 Å². The van der Waals surface area contributed by atoms with Gasteiger partial charge < -0.3 is 0 Å². The number of hydroxylamine groups is 1. The third-order valence-corrected chi connectivity index (χ3v) is 4.78. The second-order valence-corrected chi connectivity index (χ2v) is 6.19. The Morgan fingerprint density at radius 2 is 1.56 bits per heavy atom. The van der Waals surface area contributed by atoms with Crippen LogP contribution in [0.25, 0.3) is 11.3 Å². The predicted molar refractivity (Wildman–Crippen MR) is 92.8 cm³/mol. The van der Waals surface area contributed by atoms with E-state index in [1.807, 2.05) is 66.7 Å². The number of carbonyl (C=O) groups is 1. The van der Waals surface area contributed by atoms with E-state index in [-0.39, 0.29) is 23.7 Å². The summed E-state index contributed by atoms with van der Waals surface area (Å²) in [6, 6.07) is 21.7. The smallest absolute Gasteiger partial charge is 0.247 e. The second kappa shape index (κ2) is 6.45. The first-order valence-electron chi connectivity index (χ1n) is 8.16. The highest BCUT2D eigenvalue weighted by atomic mass is 16.5. The van der Waals surface area contributed by atoms with E-state index in [1.165, 1.54) is 0 Å². The van der Waals surface area contributed by atoms with Crippen LogP contribution in [0.4, 0.5) is 0 Å². The molecule has 1 fully saturated rings. The Morgan fingerprint density at radius 3 is 2.16 bits per heavy atom. The molecule has 4 rings (SSSR count). The molecule has 2 N–H and O–H groups in total. The number of amides is 1. The molecular weight excluding hydrogens is 314 g/mol. The van der Waals surface area contributed by atoms with Crippen molar-refractivity contribution >= 4 is 5.91 Å². The van der Waals surface area contributed by atoms with Crippen molar-refractivity contribution in [1.82, 2.24) is 15.7 Å². The fourth-order valence-electron chi connectivity index (χ4n) is 3.55. The maximum Gasteiger partial charge on any atom is 0.247 e.